The van der Waals surface area contributed by atoms with Crippen LogP contribution in [0.3, 0.4) is 0 Å². The number of phenols is 1. The SMILES string of the molecule is Cc1[nH]nc2nc(-c3ccc(O)c(Cl)c3)c(C#N)c(-c3ccc(N4CCNCC4)cc3)c12. The van der Waals surface area contributed by atoms with Crippen LogP contribution in [0.2, 0.25) is 5.02 Å². The van der Waals surface area contributed by atoms with Gasteiger partial charge < -0.3 is 15.3 Å². The number of aromatic hydroxyl groups is 1. The van der Waals surface area contributed by atoms with Gasteiger partial charge in [-0.3, -0.25) is 5.10 Å². The van der Waals surface area contributed by atoms with Crippen molar-refractivity contribution >= 4 is 28.3 Å². The van der Waals surface area contributed by atoms with Crippen LogP contribution < -0.4 is 10.2 Å². The molecule has 2 aromatic heterocycles. The van der Waals surface area contributed by atoms with E-state index in [-0.39, 0.29) is 10.8 Å². The first-order valence-corrected chi connectivity index (χ1v) is 10.8. The quantitative estimate of drug-likeness (QED) is 0.437. The topological polar surface area (TPSA) is 101 Å². The number of aromatic nitrogens is 3. The van der Waals surface area contributed by atoms with E-state index in [0.717, 1.165) is 54.1 Å². The third-order valence-corrected chi connectivity index (χ3v) is 6.16. The lowest BCUT2D eigenvalue weighted by molar-refractivity contribution is 0.475. The van der Waals surface area contributed by atoms with Gasteiger partial charge in [-0.05, 0) is 42.8 Å². The first-order chi connectivity index (χ1) is 15.6. The summed E-state index contributed by atoms with van der Waals surface area (Å²) in [6, 6.07) is 15.5. The number of nitriles is 1. The zero-order chi connectivity index (χ0) is 22.2. The molecule has 3 N–H and O–H groups in total. The molecule has 8 heteroatoms. The van der Waals surface area contributed by atoms with Crippen LogP contribution in [0.25, 0.3) is 33.4 Å². The van der Waals surface area contributed by atoms with E-state index in [1.54, 1.807) is 12.1 Å². The summed E-state index contributed by atoms with van der Waals surface area (Å²) in [5, 5.41) is 31.7. The molecule has 0 saturated carbocycles. The Morgan fingerprint density at radius 1 is 1.09 bits per heavy atom. The molecule has 1 saturated heterocycles. The van der Waals surface area contributed by atoms with Gasteiger partial charge in [-0.25, -0.2) is 4.98 Å². The molecule has 3 heterocycles. The number of nitrogens with zero attached hydrogens (tertiary/aromatic N) is 4. The van der Waals surface area contributed by atoms with Crippen LogP contribution in [0.1, 0.15) is 11.3 Å². The lowest BCUT2D eigenvalue weighted by Crippen LogP contribution is -2.43. The second-order valence-electron chi connectivity index (χ2n) is 7.82. The summed E-state index contributed by atoms with van der Waals surface area (Å²) in [6.45, 7) is 5.80. The Balaban J connectivity index is 1.70. The molecule has 0 unspecified atom stereocenters. The molecule has 1 aliphatic rings. The van der Waals surface area contributed by atoms with Crippen molar-refractivity contribution in [2.75, 3.05) is 31.1 Å². The Morgan fingerprint density at radius 3 is 2.50 bits per heavy atom. The van der Waals surface area contributed by atoms with Crippen molar-refractivity contribution in [2.24, 2.45) is 0 Å². The van der Waals surface area contributed by atoms with E-state index in [2.05, 4.69) is 43.6 Å². The molecule has 0 amide bonds. The van der Waals surface area contributed by atoms with E-state index in [1.807, 2.05) is 19.1 Å². The third kappa shape index (κ3) is 3.44. The maximum absolute atomic E-state index is 10.2. The second kappa shape index (κ2) is 8.15. The summed E-state index contributed by atoms with van der Waals surface area (Å²) in [6.07, 6.45) is 0. The minimum atomic E-state index is -0.0191. The summed E-state index contributed by atoms with van der Waals surface area (Å²) in [5.74, 6) is -0.0191. The third-order valence-electron chi connectivity index (χ3n) is 5.85. The molecule has 32 heavy (non-hydrogen) atoms. The highest BCUT2D eigenvalue weighted by atomic mass is 35.5. The number of hydrogen-bond acceptors (Lipinski definition) is 6. The molecule has 0 bridgehead atoms. The van der Waals surface area contributed by atoms with Gasteiger partial charge in [0.2, 0.25) is 0 Å². The first-order valence-electron chi connectivity index (χ1n) is 10.4. The Kier molecular flexibility index (Phi) is 5.17. The number of anilines is 1. The van der Waals surface area contributed by atoms with Gasteiger partial charge in [0.25, 0.3) is 0 Å². The normalized spacial score (nSPS) is 14.0. The fourth-order valence-corrected chi connectivity index (χ4v) is 4.40. The van der Waals surface area contributed by atoms with Crippen molar-refractivity contribution in [2.45, 2.75) is 6.92 Å². The lowest BCUT2D eigenvalue weighted by atomic mass is 9.93. The van der Waals surface area contributed by atoms with Gasteiger partial charge in [-0.15, -0.1) is 0 Å². The molecule has 7 nitrogen and oxygen atoms in total. The van der Waals surface area contributed by atoms with Crippen molar-refractivity contribution in [1.82, 2.24) is 20.5 Å². The van der Waals surface area contributed by atoms with Crippen LogP contribution in [0.4, 0.5) is 5.69 Å². The number of fused-ring (bicyclic) bond motifs is 1. The average molecular weight is 445 g/mol. The lowest BCUT2D eigenvalue weighted by Gasteiger charge is -2.29. The van der Waals surface area contributed by atoms with E-state index >= 15 is 0 Å². The van der Waals surface area contributed by atoms with E-state index in [4.69, 9.17) is 11.6 Å². The van der Waals surface area contributed by atoms with Gasteiger partial charge in [0.1, 0.15) is 11.8 Å². The summed E-state index contributed by atoms with van der Waals surface area (Å²) < 4.78 is 0. The van der Waals surface area contributed by atoms with Crippen molar-refractivity contribution in [1.29, 1.82) is 5.26 Å². The number of pyridine rings is 1. The summed E-state index contributed by atoms with van der Waals surface area (Å²) in [5.41, 5.74) is 5.81. The Hall–Kier alpha value is -3.60. The number of nitrogens with one attached hydrogen (secondary N) is 2. The molecule has 0 aliphatic carbocycles. The molecular formula is C24H21ClN6O. The van der Waals surface area contributed by atoms with Crippen molar-refractivity contribution in [3.63, 3.8) is 0 Å². The number of benzene rings is 2. The van der Waals surface area contributed by atoms with Crippen LogP contribution >= 0.6 is 11.6 Å². The highest BCUT2D eigenvalue weighted by molar-refractivity contribution is 6.32. The van der Waals surface area contributed by atoms with Crippen LogP contribution in [0, 0.1) is 18.3 Å². The molecule has 5 rings (SSSR count). The van der Waals surface area contributed by atoms with Gasteiger partial charge in [0.15, 0.2) is 5.65 Å². The zero-order valence-corrected chi connectivity index (χ0v) is 18.2. The molecule has 0 radical (unpaired) electrons. The van der Waals surface area contributed by atoms with Crippen LogP contribution in [0.15, 0.2) is 42.5 Å². The second-order valence-corrected chi connectivity index (χ2v) is 8.23. The predicted octanol–water partition coefficient (Wildman–Crippen LogP) is 4.24. The largest absolute Gasteiger partial charge is 0.506 e. The minimum absolute atomic E-state index is 0.0191. The van der Waals surface area contributed by atoms with Crippen LogP contribution in [-0.4, -0.2) is 46.5 Å². The fraction of sp³-hybridized carbons (Fsp3) is 0.208. The number of aromatic amines is 1. The summed E-state index contributed by atoms with van der Waals surface area (Å²) in [4.78, 5) is 7.01. The highest BCUT2D eigenvalue weighted by Gasteiger charge is 2.22. The van der Waals surface area contributed by atoms with E-state index in [1.165, 1.54) is 6.07 Å². The molecule has 1 fully saturated rings. The van der Waals surface area contributed by atoms with Crippen LogP contribution in [0.5, 0.6) is 5.75 Å². The monoisotopic (exact) mass is 444 g/mol. The smallest absolute Gasteiger partial charge is 0.182 e. The van der Waals surface area contributed by atoms with E-state index in [9.17, 15) is 10.4 Å². The van der Waals surface area contributed by atoms with Crippen molar-refractivity contribution in [3.05, 3.63) is 58.7 Å². The first kappa shape index (κ1) is 20.3. The Labute approximate surface area is 190 Å². The molecular weight excluding hydrogens is 424 g/mol. The number of hydrogen-bond donors (Lipinski definition) is 3. The maximum Gasteiger partial charge on any atom is 0.182 e. The minimum Gasteiger partial charge on any atom is -0.506 e. The molecule has 1 aliphatic heterocycles. The van der Waals surface area contributed by atoms with Crippen molar-refractivity contribution in [3.8, 4) is 34.2 Å². The number of phenolic OH excluding ortho intramolecular Hbond substituents is 1. The maximum atomic E-state index is 10.2. The highest BCUT2D eigenvalue weighted by Crippen LogP contribution is 2.39. The van der Waals surface area contributed by atoms with Gasteiger partial charge in [0.05, 0.1) is 21.7 Å². The van der Waals surface area contributed by atoms with Crippen LogP contribution in [-0.2, 0) is 0 Å². The zero-order valence-electron chi connectivity index (χ0n) is 17.5. The van der Waals surface area contributed by atoms with E-state index < -0.39 is 0 Å². The fourth-order valence-electron chi connectivity index (χ4n) is 4.22. The average Bonchev–Trinajstić information content (AvgIpc) is 3.20. The summed E-state index contributed by atoms with van der Waals surface area (Å²) in [7, 11) is 0. The van der Waals surface area contributed by atoms with Gasteiger partial charge in [-0.1, -0.05) is 23.7 Å². The Morgan fingerprint density at radius 2 is 1.81 bits per heavy atom. The summed E-state index contributed by atoms with van der Waals surface area (Å²) >= 11 is 6.14. The predicted molar refractivity (Wildman–Crippen MR) is 126 cm³/mol. The number of rotatable bonds is 3. The molecule has 0 spiro atoms. The molecule has 2 aromatic carbocycles. The number of halogens is 1. The molecule has 4 aromatic rings. The van der Waals surface area contributed by atoms with Gasteiger partial charge >= 0.3 is 0 Å². The molecule has 160 valence electrons. The number of piperazine rings is 1. The van der Waals surface area contributed by atoms with Gasteiger partial charge in [0, 0.05) is 48.7 Å². The Bertz CT molecular complexity index is 1350. The van der Waals surface area contributed by atoms with Crippen molar-refractivity contribution < 1.29 is 5.11 Å². The standard InChI is InChI=1S/C24H21ClN6O/c1-14-21-22(15-2-5-17(6-3-15)31-10-8-27-9-11-31)18(13-26)23(28-24(21)30-29-14)16-4-7-20(32)19(25)12-16/h2-7,12,27,32H,8-11H2,1H3,(H,28,29,30). The van der Waals surface area contributed by atoms with Gasteiger partial charge in [-0.2, -0.15) is 10.4 Å². The number of H-pyrrole nitrogens is 1. The van der Waals surface area contributed by atoms with E-state index in [0.29, 0.717) is 22.5 Å². The molecule has 0 atom stereocenters. The number of aryl methyl sites for hydroxylation is 1.